The van der Waals surface area contributed by atoms with Gasteiger partial charge in [-0.25, -0.2) is 4.98 Å². The first-order valence-electron chi connectivity index (χ1n) is 8.27. The molecule has 1 aliphatic heterocycles. The van der Waals surface area contributed by atoms with Crippen LogP contribution in [-0.2, 0) is 11.2 Å². The van der Waals surface area contributed by atoms with Gasteiger partial charge < -0.3 is 9.84 Å². The Morgan fingerprint density at radius 3 is 2.75 bits per heavy atom. The smallest absolute Gasteiger partial charge is 0.243 e. The van der Waals surface area contributed by atoms with Crippen molar-refractivity contribution in [1.29, 1.82) is 0 Å². The molecule has 1 saturated heterocycles. The van der Waals surface area contributed by atoms with E-state index in [2.05, 4.69) is 25.3 Å². The lowest BCUT2D eigenvalue weighted by Crippen LogP contribution is -2.46. The van der Waals surface area contributed by atoms with Crippen LogP contribution in [0.25, 0.3) is 0 Å². The van der Waals surface area contributed by atoms with E-state index in [1.54, 1.807) is 0 Å². The second kappa shape index (κ2) is 7.40. The third-order valence-corrected chi connectivity index (χ3v) is 5.34. The summed E-state index contributed by atoms with van der Waals surface area (Å²) in [6.07, 6.45) is 2.94. The molecule has 130 valence electrons. The Hall–Kier alpha value is -1.80. The molecule has 1 fully saturated rings. The van der Waals surface area contributed by atoms with Crippen molar-refractivity contribution in [2.24, 2.45) is 5.92 Å². The van der Waals surface area contributed by atoms with Gasteiger partial charge in [-0.3, -0.25) is 9.69 Å². The SMILES string of the molecule is Cc1csc(NC(=O)C(C)N2CCC(Cc3noc(C)n3)CC2)n1. The predicted molar refractivity (Wildman–Crippen MR) is 92.0 cm³/mol. The summed E-state index contributed by atoms with van der Waals surface area (Å²) in [5.74, 6) is 1.97. The van der Waals surface area contributed by atoms with Crippen LogP contribution in [-0.4, -0.2) is 45.1 Å². The van der Waals surface area contributed by atoms with Crippen LogP contribution in [0, 0.1) is 19.8 Å². The van der Waals surface area contributed by atoms with Crippen molar-refractivity contribution in [3.63, 3.8) is 0 Å². The quantitative estimate of drug-likeness (QED) is 0.892. The van der Waals surface area contributed by atoms with Crippen LogP contribution in [0.2, 0.25) is 0 Å². The van der Waals surface area contributed by atoms with E-state index in [1.165, 1.54) is 11.3 Å². The van der Waals surface area contributed by atoms with Gasteiger partial charge in [-0.1, -0.05) is 5.16 Å². The Morgan fingerprint density at radius 1 is 1.42 bits per heavy atom. The molecule has 0 spiro atoms. The highest BCUT2D eigenvalue weighted by molar-refractivity contribution is 7.13. The van der Waals surface area contributed by atoms with Crippen LogP contribution in [0.3, 0.4) is 0 Å². The molecule has 3 heterocycles. The van der Waals surface area contributed by atoms with Gasteiger partial charge in [-0.2, -0.15) is 4.98 Å². The number of nitrogens with one attached hydrogen (secondary N) is 1. The predicted octanol–water partition coefficient (Wildman–Crippen LogP) is 2.42. The molecule has 7 nitrogen and oxygen atoms in total. The molecule has 0 aliphatic carbocycles. The molecule has 1 aliphatic rings. The Bertz CT molecular complexity index is 690. The molecule has 2 aromatic heterocycles. The second-order valence-corrected chi connectivity index (χ2v) is 7.23. The number of nitrogens with zero attached hydrogens (tertiary/aromatic N) is 4. The average molecular weight is 349 g/mol. The molecule has 0 aromatic carbocycles. The van der Waals surface area contributed by atoms with Gasteiger partial charge in [0, 0.05) is 18.7 Å². The fourth-order valence-electron chi connectivity index (χ4n) is 3.01. The highest BCUT2D eigenvalue weighted by atomic mass is 32.1. The van der Waals surface area contributed by atoms with E-state index in [9.17, 15) is 4.79 Å². The van der Waals surface area contributed by atoms with E-state index < -0.39 is 0 Å². The van der Waals surface area contributed by atoms with Crippen LogP contribution < -0.4 is 5.32 Å². The first-order chi connectivity index (χ1) is 11.5. The van der Waals surface area contributed by atoms with Gasteiger partial charge in [0.15, 0.2) is 11.0 Å². The van der Waals surface area contributed by atoms with E-state index >= 15 is 0 Å². The molecule has 0 bridgehead atoms. The third kappa shape index (κ3) is 4.18. The van der Waals surface area contributed by atoms with Gasteiger partial charge in [0.1, 0.15) is 0 Å². The molecule has 24 heavy (non-hydrogen) atoms. The number of piperidine rings is 1. The number of amides is 1. The number of aromatic nitrogens is 3. The van der Waals surface area contributed by atoms with Crippen molar-refractivity contribution in [2.45, 2.75) is 46.1 Å². The maximum Gasteiger partial charge on any atom is 0.243 e. The lowest BCUT2D eigenvalue weighted by molar-refractivity contribution is -0.121. The Morgan fingerprint density at radius 2 is 2.17 bits per heavy atom. The minimum absolute atomic E-state index is 0.0107. The number of hydrogen-bond donors (Lipinski definition) is 1. The third-order valence-electron chi connectivity index (χ3n) is 4.47. The summed E-state index contributed by atoms with van der Waals surface area (Å²) < 4.78 is 5.03. The van der Waals surface area contributed by atoms with Gasteiger partial charge in [-0.05, 0) is 45.7 Å². The largest absolute Gasteiger partial charge is 0.340 e. The van der Waals surface area contributed by atoms with Crippen LogP contribution in [0.1, 0.15) is 37.2 Å². The van der Waals surface area contributed by atoms with E-state index in [4.69, 9.17) is 4.52 Å². The zero-order valence-electron chi connectivity index (χ0n) is 14.3. The van der Waals surface area contributed by atoms with Gasteiger partial charge in [0.25, 0.3) is 0 Å². The van der Waals surface area contributed by atoms with Crippen LogP contribution in [0.15, 0.2) is 9.90 Å². The maximum absolute atomic E-state index is 12.4. The lowest BCUT2D eigenvalue weighted by Gasteiger charge is -2.34. The Labute approximate surface area is 145 Å². The summed E-state index contributed by atoms with van der Waals surface area (Å²) >= 11 is 1.46. The average Bonchev–Trinajstić information content (AvgIpc) is 3.15. The van der Waals surface area contributed by atoms with Crippen molar-refractivity contribution in [3.05, 3.63) is 22.8 Å². The van der Waals surface area contributed by atoms with E-state index in [-0.39, 0.29) is 11.9 Å². The molecule has 0 saturated carbocycles. The Balaban J connectivity index is 1.47. The summed E-state index contributed by atoms with van der Waals surface area (Å²) in [6, 6.07) is -0.150. The molecule has 1 unspecified atom stereocenters. The first-order valence-corrected chi connectivity index (χ1v) is 9.15. The topological polar surface area (TPSA) is 84.2 Å². The Kier molecular flexibility index (Phi) is 5.25. The fraction of sp³-hybridized carbons (Fsp3) is 0.625. The summed E-state index contributed by atoms with van der Waals surface area (Å²) in [6.45, 7) is 7.51. The zero-order valence-corrected chi connectivity index (χ0v) is 15.1. The minimum atomic E-state index is -0.150. The van der Waals surface area contributed by atoms with E-state index in [0.717, 1.165) is 43.9 Å². The summed E-state index contributed by atoms with van der Waals surface area (Å²) in [5.41, 5.74) is 0.931. The van der Waals surface area contributed by atoms with Crippen molar-refractivity contribution >= 4 is 22.4 Å². The number of carbonyl (C=O) groups excluding carboxylic acids is 1. The fourth-order valence-corrected chi connectivity index (χ4v) is 3.70. The van der Waals surface area contributed by atoms with Gasteiger partial charge in [0.2, 0.25) is 11.8 Å². The molecule has 0 radical (unpaired) electrons. The number of thiazole rings is 1. The number of hydrogen-bond acceptors (Lipinski definition) is 7. The molecular weight excluding hydrogens is 326 g/mol. The second-order valence-electron chi connectivity index (χ2n) is 6.37. The van der Waals surface area contributed by atoms with Crippen molar-refractivity contribution < 1.29 is 9.32 Å². The minimum Gasteiger partial charge on any atom is -0.340 e. The molecule has 1 amide bonds. The van der Waals surface area contributed by atoms with E-state index in [1.807, 2.05) is 26.2 Å². The normalized spacial score (nSPS) is 17.8. The summed E-state index contributed by atoms with van der Waals surface area (Å²) in [4.78, 5) is 23.2. The first kappa shape index (κ1) is 17.0. The van der Waals surface area contributed by atoms with Crippen molar-refractivity contribution in [2.75, 3.05) is 18.4 Å². The molecule has 8 heteroatoms. The maximum atomic E-state index is 12.4. The monoisotopic (exact) mass is 349 g/mol. The number of likely N-dealkylation sites (tertiary alicyclic amines) is 1. The number of rotatable bonds is 5. The standard InChI is InChI=1S/C16H23N5O2S/c1-10-9-24-16(17-10)19-15(22)11(2)21-6-4-13(5-7-21)8-14-18-12(3)23-20-14/h9,11,13H,4-8H2,1-3H3,(H,17,19,22). The number of aryl methyl sites for hydroxylation is 2. The van der Waals surface area contributed by atoms with Crippen LogP contribution in [0.4, 0.5) is 5.13 Å². The van der Waals surface area contributed by atoms with Crippen molar-refractivity contribution in [3.8, 4) is 0 Å². The molecule has 2 aromatic rings. The zero-order chi connectivity index (χ0) is 17.1. The highest BCUT2D eigenvalue weighted by Crippen LogP contribution is 2.23. The van der Waals surface area contributed by atoms with Gasteiger partial charge >= 0.3 is 0 Å². The van der Waals surface area contributed by atoms with Gasteiger partial charge in [0.05, 0.1) is 11.7 Å². The van der Waals surface area contributed by atoms with Gasteiger partial charge in [-0.15, -0.1) is 11.3 Å². The molecule has 1 atom stereocenters. The summed E-state index contributed by atoms with van der Waals surface area (Å²) in [7, 11) is 0. The molecule has 1 N–H and O–H groups in total. The summed E-state index contributed by atoms with van der Waals surface area (Å²) in [5, 5.41) is 9.49. The lowest BCUT2D eigenvalue weighted by atomic mass is 9.92. The molecular formula is C16H23N5O2S. The molecule has 3 rings (SSSR count). The van der Waals surface area contributed by atoms with E-state index in [0.29, 0.717) is 16.9 Å². The number of carbonyl (C=O) groups is 1. The van der Waals surface area contributed by atoms with Crippen molar-refractivity contribution in [1.82, 2.24) is 20.0 Å². The van der Waals surface area contributed by atoms with Crippen LogP contribution >= 0.6 is 11.3 Å². The highest BCUT2D eigenvalue weighted by Gasteiger charge is 2.27. The van der Waals surface area contributed by atoms with Crippen LogP contribution in [0.5, 0.6) is 0 Å². The number of anilines is 1.